The lowest BCUT2D eigenvalue weighted by molar-refractivity contribution is -0.274. The van der Waals surface area contributed by atoms with Crippen LogP contribution in [0.15, 0.2) is 24.3 Å². The molecule has 1 aliphatic carbocycles. The average molecular weight is 305 g/mol. The van der Waals surface area contributed by atoms with Gasteiger partial charge in [-0.1, -0.05) is 18.6 Å². The molecule has 0 bridgehead atoms. The molecule has 1 fully saturated rings. The molecule has 0 unspecified atom stereocenters. The number of ether oxygens (including phenoxy) is 1. The second-order valence-electron chi connectivity index (χ2n) is 5.04. The van der Waals surface area contributed by atoms with Gasteiger partial charge in [0.2, 0.25) is 0 Å². The zero-order valence-electron chi connectivity index (χ0n) is 11.3. The fraction of sp³-hybridized carbons (Fsp3) is 0.571. The minimum absolute atomic E-state index is 0.180. The summed E-state index contributed by atoms with van der Waals surface area (Å²) in [6.45, 7) is 1.60. The van der Waals surface area contributed by atoms with E-state index < -0.39 is 6.36 Å². The van der Waals surface area contributed by atoms with Gasteiger partial charge >= 0.3 is 6.36 Å². The highest BCUT2D eigenvalue weighted by Crippen LogP contribution is 2.42. The first-order chi connectivity index (χ1) is 9.42. The Labute approximate surface area is 121 Å². The summed E-state index contributed by atoms with van der Waals surface area (Å²) in [7, 11) is 0. The largest absolute Gasteiger partial charge is 0.573 e. The van der Waals surface area contributed by atoms with Crippen molar-refractivity contribution in [1.82, 2.24) is 5.32 Å². The van der Waals surface area contributed by atoms with E-state index in [-0.39, 0.29) is 5.75 Å². The van der Waals surface area contributed by atoms with Crippen molar-refractivity contribution in [3.8, 4) is 5.75 Å². The Balaban J connectivity index is 1.79. The molecule has 0 amide bonds. The van der Waals surface area contributed by atoms with Crippen molar-refractivity contribution >= 4 is 11.8 Å². The van der Waals surface area contributed by atoms with Crippen LogP contribution < -0.4 is 10.1 Å². The lowest BCUT2D eigenvalue weighted by Gasteiger charge is -2.40. The molecule has 1 N–H and O–H groups in total. The molecule has 0 saturated heterocycles. The predicted octanol–water partition coefficient (Wildman–Crippen LogP) is 3.96. The fourth-order valence-corrected chi connectivity index (χ4v) is 3.21. The SMILES string of the molecule is CSC1(CNCc2ccc(OC(F)(F)F)cc2)CCC1. The van der Waals surface area contributed by atoms with Crippen molar-refractivity contribution in [2.45, 2.75) is 36.9 Å². The molecule has 0 spiro atoms. The van der Waals surface area contributed by atoms with E-state index in [4.69, 9.17) is 0 Å². The molecule has 2 rings (SSSR count). The van der Waals surface area contributed by atoms with Gasteiger partial charge in [-0.05, 0) is 36.8 Å². The maximum atomic E-state index is 12.0. The summed E-state index contributed by atoms with van der Waals surface area (Å²) in [4.78, 5) is 0. The van der Waals surface area contributed by atoms with Gasteiger partial charge in [0.25, 0.3) is 0 Å². The summed E-state index contributed by atoms with van der Waals surface area (Å²) in [5.41, 5.74) is 0.954. The van der Waals surface area contributed by atoms with E-state index in [1.165, 1.54) is 31.4 Å². The van der Waals surface area contributed by atoms with Crippen LogP contribution in [-0.4, -0.2) is 23.9 Å². The Kier molecular flexibility index (Phi) is 4.86. The highest BCUT2D eigenvalue weighted by Gasteiger charge is 2.35. The number of hydrogen-bond donors (Lipinski definition) is 1. The predicted molar refractivity (Wildman–Crippen MR) is 74.9 cm³/mol. The zero-order valence-corrected chi connectivity index (χ0v) is 12.1. The Bertz CT molecular complexity index is 424. The van der Waals surface area contributed by atoms with Crippen LogP contribution in [0.5, 0.6) is 5.75 Å². The molecule has 0 aromatic heterocycles. The van der Waals surface area contributed by atoms with Crippen molar-refractivity contribution in [2.75, 3.05) is 12.8 Å². The Morgan fingerprint density at radius 1 is 1.25 bits per heavy atom. The number of thioether (sulfide) groups is 1. The minimum atomic E-state index is -4.63. The molecule has 0 atom stereocenters. The van der Waals surface area contributed by atoms with Crippen molar-refractivity contribution < 1.29 is 17.9 Å². The van der Waals surface area contributed by atoms with Gasteiger partial charge in [0.1, 0.15) is 5.75 Å². The number of alkyl halides is 3. The van der Waals surface area contributed by atoms with E-state index in [2.05, 4.69) is 16.3 Å². The van der Waals surface area contributed by atoms with E-state index in [9.17, 15) is 13.2 Å². The molecule has 0 radical (unpaired) electrons. The van der Waals surface area contributed by atoms with Gasteiger partial charge in [-0.25, -0.2) is 0 Å². The van der Waals surface area contributed by atoms with Gasteiger partial charge in [0.05, 0.1) is 0 Å². The van der Waals surface area contributed by atoms with Gasteiger partial charge in [-0.3, -0.25) is 0 Å². The third-order valence-corrected chi connectivity index (χ3v) is 5.05. The first-order valence-corrected chi connectivity index (χ1v) is 7.75. The molecule has 1 aromatic carbocycles. The molecule has 20 heavy (non-hydrogen) atoms. The van der Waals surface area contributed by atoms with Crippen molar-refractivity contribution in [1.29, 1.82) is 0 Å². The van der Waals surface area contributed by atoms with E-state index in [1.807, 2.05) is 11.8 Å². The van der Waals surface area contributed by atoms with Crippen molar-refractivity contribution in [3.05, 3.63) is 29.8 Å². The number of nitrogens with one attached hydrogen (secondary N) is 1. The minimum Gasteiger partial charge on any atom is -0.406 e. The Hall–Kier alpha value is -0.880. The molecule has 6 heteroatoms. The Morgan fingerprint density at radius 3 is 2.35 bits per heavy atom. The topological polar surface area (TPSA) is 21.3 Å². The van der Waals surface area contributed by atoms with Crippen LogP contribution in [-0.2, 0) is 6.54 Å². The quantitative estimate of drug-likeness (QED) is 0.859. The van der Waals surface area contributed by atoms with Crippen molar-refractivity contribution in [2.24, 2.45) is 0 Å². The van der Waals surface area contributed by atoms with Gasteiger partial charge < -0.3 is 10.1 Å². The lowest BCUT2D eigenvalue weighted by atomic mass is 9.84. The van der Waals surface area contributed by atoms with Crippen LogP contribution in [0.2, 0.25) is 0 Å². The van der Waals surface area contributed by atoms with Gasteiger partial charge in [0.15, 0.2) is 0 Å². The van der Waals surface area contributed by atoms with Gasteiger partial charge in [0, 0.05) is 17.8 Å². The summed E-state index contributed by atoms with van der Waals surface area (Å²) in [5.74, 6) is -0.180. The smallest absolute Gasteiger partial charge is 0.406 e. The second kappa shape index (κ2) is 6.26. The van der Waals surface area contributed by atoms with E-state index in [1.54, 1.807) is 12.1 Å². The lowest BCUT2D eigenvalue weighted by Crippen LogP contribution is -2.43. The maximum absolute atomic E-state index is 12.0. The van der Waals surface area contributed by atoms with Crippen molar-refractivity contribution in [3.63, 3.8) is 0 Å². The van der Waals surface area contributed by atoms with Gasteiger partial charge in [-0.15, -0.1) is 13.2 Å². The van der Waals surface area contributed by atoms with Crippen LogP contribution in [0.25, 0.3) is 0 Å². The van der Waals surface area contributed by atoms with Gasteiger partial charge in [-0.2, -0.15) is 11.8 Å². The van der Waals surface area contributed by atoms with Crippen LogP contribution in [0.4, 0.5) is 13.2 Å². The van der Waals surface area contributed by atoms with E-state index >= 15 is 0 Å². The molecular weight excluding hydrogens is 287 g/mol. The van der Waals surface area contributed by atoms with E-state index in [0.29, 0.717) is 11.3 Å². The summed E-state index contributed by atoms with van der Waals surface area (Å²) < 4.78 is 40.3. The highest BCUT2D eigenvalue weighted by atomic mass is 32.2. The monoisotopic (exact) mass is 305 g/mol. The van der Waals surface area contributed by atoms with E-state index in [0.717, 1.165) is 12.1 Å². The third kappa shape index (κ3) is 4.31. The van der Waals surface area contributed by atoms with Crippen LogP contribution in [0, 0.1) is 0 Å². The molecular formula is C14H18F3NOS. The summed E-state index contributed by atoms with van der Waals surface area (Å²) in [5, 5.41) is 3.38. The number of benzene rings is 1. The fourth-order valence-electron chi connectivity index (χ4n) is 2.27. The standard InChI is InChI=1S/C14H18F3NOS/c1-20-13(7-2-8-13)10-18-9-11-3-5-12(6-4-11)19-14(15,16)17/h3-6,18H,2,7-10H2,1H3. The average Bonchev–Trinajstić information content (AvgIpc) is 2.33. The first kappa shape index (κ1) is 15.5. The number of halogens is 3. The molecule has 1 aliphatic rings. The Morgan fingerprint density at radius 2 is 1.90 bits per heavy atom. The molecule has 2 nitrogen and oxygen atoms in total. The zero-order chi connectivity index (χ0) is 14.6. The molecule has 0 aliphatic heterocycles. The third-order valence-electron chi connectivity index (χ3n) is 3.63. The van der Waals surface area contributed by atoms with Crippen LogP contribution in [0.1, 0.15) is 24.8 Å². The summed E-state index contributed by atoms with van der Waals surface area (Å²) in [6.07, 6.45) is 1.25. The number of rotatable bonds is 6. The number of hydrogen-bond acceptors (Lipinski definition) is 3. The normalized spacial score (nSPS) is 17.6. The molecule has 112 valence electrons. The highest BCUT2D eigenvalue weighted by molar-refractivity contribution is 8.00. The van der Waals surface area contributed by atoms with Crippen LogP contribution >= 0.6 is 11.8 Å². The second-order valence-corrected chi connectivity index (χ2v) is 6.31. The summed E-state index contributed by atoms with van der Waals surface area (Å²) >= 11 is 1.90. The van der Waals surface area contributed by atoms with Crippen LogP contribution in [0.3, 0.4) is 0 Å². The maximum Gasteiger partial charge on any atom is 0.573 e. The first-order valence-electron chi connectivity index (χ1n) is 6.53. The molecule has 1 aromatic rings. The summed E-state index contributed by atoms with van der Waals surface area (Å²) in [6, 6.07) is 6.00. The molecule has 1 saturated carbocycles. The molecule has 0 heterocycles.